The lowest BCUT2D eigenvalue weighted by Gasteiger charge is -2.13. The summed E-state index contributed by atoms with van der Waals surface area (Å²) in [7, 11) is 0. The highest BCUT2D eigenvalue weighted by Crippen LogP contribution is 2.40. The van der Waals surface area contributed by atoms with E-state index in [4.69, 9.17) is 12.2 Å². The number of anilines is 1. The van der Waals surface area contributed by atoms with E-state index in [9.17, 15) is 30.1 Å². The molecule has 0 bridgehead atoms. The van der Waals surface area contributed by atoms with Gasteiger partial charge in [0.25, 0.3) is 11.6 Å². The molecule has 2 aromatic rings. The van der Waals surface area contributed by atoms with Gasteiger partial charge in [-0.3, -0.25) is 29.9 Å². The van der Waals surface area contributed by atoms with Crippen LogP contribution >= 0.6 is 24.0 Å². The second kappa shape index (κ2) is 7.13. The minimum Gasteiger partial charge on any atom is -0.502 e. The van der Waals surface area contributed by atoms with E-state index in [1.807, 2.05) is 0 Å². The fraction of sp³-hybridized carbons (Fsp3) is 0. The third-order valence-electron chi connectivity index (χ3n) is 3.61. The molecule has 1 N–H and O–H groups in total. The van der Waals surface area contributed by atoms with Crippen molar-refractivity contribution in [2.75, 3.05) is 4.90 Å². The van der Waals surface area contributed by atoms with Gasteiger partial charge in [-0.15, -0.1) is 0 Å². The molecule has 1 aliphatic heterocycles. The number of nitro groups is 2. The number of para-hydroxylation sites is 1. The Bertz CT molecular complexity index is 1020. The van der Waals surface area contributed by atoms with Gasteiger partial charge in [0.2, 0.25) is 5.75 Å². The maximum absolute atomic E-state index is 12.7. The molecule has 0 aromatic heterocycles. The summed E-state index contributed by atoms with van der Waals surface area (Å²) in [6.45, 7) is 0. The number of carbonyl (C=O) groups is 1. The van der Waals surface area contributed by atoms with Gasteiger partial charge in [-0.1, -0.05) is 42.2 Å². The summed E-state index contributed by atoms with van der Waals surface area (Å²) in [4.78, 5) is 34.3. The van der Waals surface area contributed by atoms with Gasteiger partial charge in [0.1, 0.15) is 0 Å². The second-order valence-corrected chi connectivity index (χ2v) is 6.95. The van der Waals surface area contributed by atoms with E-state index in [1.165, 1.54) is 4.90 Å². The van der Waals surface area contributed by atoms with E-state index in [1.54, 1.807) is 30.3 Å². The summed E-state index contributed by atoms with van der Waals surface area (Å²) < 4.78 is 0.233. The van der Waals surface area contributed by atoms with Crippen molar-refractivity contribution in [2.45, 2.75) is 0 Å². The molecule has 1 heterocycles. The Labute approximate surface area is 161 Å². The van der Waals surface area contributed by atoms with E-state index in [0.717, 1.165) is 23.9 Å². The molecule has 1 saturated heterocycles. The summed E-state index contributed by atoms with van der Waals surface area (Å²) >= 11 is 6.14. The molecule has 0 spiro atoms. The first-order valence-corrected chi connectivity index (χ1v) is 8.51. The van der Waals surface area contributed by atoms with Crippen molar-refractivity contribution in [2.24, 2.45) is 0 Å². The number of benzene rings is 2. The predicted molar refractivity (Wildman–Crippen MR) is 104 cm³/mol. The quantitative estimate of drug-likeness (QED) is 0.355. The first-order valence-electron chi connectivity index (χ1n) is 7.28. The van der Waals surface area contributed by atoms with Crippen LogP contribution in [0.2, 0.25) is 0 Å². The number of nitro benzene ring substituents is 2. The maximum atomic E-state index is 12.7. The average molecular weight is 403 g/mol. The number of hydrogen-bond acceptors (Lipinski definition) is 8. The van der Waals surface area contributed by atoms with Crippen molar-refractivity contribution >= 4 is 57.3 Å². The summed E-state index contributed by atoms with van der Waals surface area (Å²) in [5.74, 6) is -1.26. The minimum absolute atomic E-state index is 0.0777. The topological polar surface area (TPSA) is 127 Å². The highest BCUT2D eigenvalue weighted by atomic mass is 32.2. The molecule has 136 valence electrons. The number of thioether (sulfide) groups is 1. The Kier molecular flexibility index (Phi) is 4.88. The molecule has 27 heavy (non-hydrogen) atoms. The highest BCUT2D eigenvalue weighted by molar-refractivity contribution is 8.27. The van der Waals surface area contributed by atoms with E-state index < -0.39 is 32.9 Å². The number of aromatic hydroxyl groups is 1. The second-order valence-electron chi connectivity index (χ2n) is 5.27. The van der Waals surface area contributed by atoms with Crippen LogP contribution < -0.4 is 4.90 Å². The summed E-state index contributed by atoms with van der Waals surface area (Å²) in [5, 5.41) is 32.1. The molecule has 3 rings (SSSR count). The van der Waals surface area contributed by atoms with Gasteiger partial charge in [0.15, 0.2) is 4.32 Å². The molecule has 11 heteroatoms. The molecule has 9 nitrogen and oxygen atoms in total. The van der Waals surface area contributed by atoms with Crippen molar-refractivity contribution in [3.8, 4) is 5.75 Å². The molecular formula is C16H9N3O6S2. The normalized spacial score (nSPS) is 15.4. The highest BCUT2D eigenvalue weighted by Gasteiger charge is 2.34. The van der Waals surface area contributed by atoms with Gasteiger partial charge in [0.05, 0.1) is 26.5 Å². The van der Waals surface area contributed by atoms with Crippen molar-refractivity contribution < 1.29 is 19.7 Å². The van der Waals surface area contributed by atoms with Crippen LogP contribution in [-0.2, 0) is 4.79 Å². The van der Waals surface area contributed by atoms with Crippen LogP contribution in [0.3, 0.4) is 0 Å². The number of amides is 1. The van der Waals surface area contributed by atoms with Gasteiger partial charge in [0, 0.05) is 11.6 Å². The SMILES string of the molecule is O=C1/C(=C\c2cc([N+](=O)[O-])cc([N+](=O)[O-])c2O)SC(=S)N1c1ccccc1. The van der Waals surface area contributed by atoms with Crippen LogP contribution in [0.4, 0.5) is 17.1 Å². The lowest BCUT2D eigenvalue weighted by Crippen LogP contribution is -2.27. The molecule has 0 aliphatic carbocycles. The summed E-state index contributed by atoms with van der Waals surface area (Å²) in [6.07, 6.45) is 1.15. The van der Waals surface area contributed by atoms with Gasteiger partial charge in [-0.2, -0.15) is 0 Å². The largest absolute Gasteiger partial charge is 0.502 e. The monoisotopic (exact) mass is 403 g/mol. The first kappa shape index (κ1) is 18.5. The van der Waals surface area contributed by atoms with Crippen LogP contribution in [0.25, 0.3) is 6.08 Å². The Morgan fingerprint density at radius 2 is 1.78 bits per heavy atom. The number of hydrogen-bond donors (Lipinski definition) is 1. The van der Waals surface area contributed by atoms with E-state index in [-0.39, 0.29) is 14.8 Å². The Morgan fingerprint density at radius 1 is 1.11 bits per heavy atom. The predicted octanol–water partition coefficient (Wildman–Crippen LogP) is 3.61. The summed E-state index contributed by atoms with van der Waals surface area (Å²) in [5.41, 5.74) is -1.08. The molecule has 1 amide bonds. The van der Waals surface area contributed by atoms with Crippen LogP contribution in [0.15, 0.2) is 47.4 Å². The lowest BCUT2D eigenvalue weighted by atomic mass is 10.1. The maximum Gasteiger partial charge on any atom is 0.318 e. The van der Waals surface area contributed by atoms with Gasteiger partial charge in [-0.25, -0.2) is 0 Å². The third-order valence-corrected chi connectivity index (χ3v) is 4.91. The number of rotatable bonds is 4. The zero-order valence-corrected chi connectivity index (χ0v) is 14.9. The Balaban J connectivity index is 2.07. The molecule has 1 fully saturated rings. The number of phenolic OH excluding ortho intramolecular Hbond substituents is 1. The lowest BCUT2D eigenvalue weighted by molar-refractivity contribution is -0.394. The Hall–Kier alpha value is -3.31. The molecule has 1 aliphatic rings. The zero-order chi connectivity index (χ0) is 19.7. The number of non-ortho nitro benzene ring substituents is 1. The van der Waals surface area contributed by atoms with Gasteiger partial charge in [-0.05, 0) is 18.2 Å². The van der Waals surface area contributed by atoms with Crippen LogP contribution in [-0.4, -0.2) is 25.2 Å². The zero-order valence-electron chi connectivity index (χ0n) is 13.3. The van der Waals surface area contributed by atoms with E-state index in [0.29, 0.717) is 11.8 Å². The molecule has 2 aromatic carbocycles. The van der Waals surface area contributed by atoms with Gasteiger partial charge < -0.3 is 5.11 Å². The van der Waals surface area contributed by atoms with Crippen molar-refractivity contribution in [1.82, 2.24) is 0 Å². The molecular weight excluding hydrogens is 394 g/mol. The number of nitrogens with zero attached hydrogens (tertiary/aromatic N) is 3. The van der Waals surface area contributed by atoms with Crippen LogP contribution in [0.1, 0.15) is 5.56 Å². The Morgan fingerprint density at radius 3 is 2.37 bits per heavy atom. The average Bonchev–Trinajstić information content (AvgIpc) is 2.90. The third kappa shape index (κ3) is 3.50. The van der Waals surface area contributed by atoms with Crippen LogP contribution in [0.5, 0.6) is 5.75 Å². The standard InChI is InChI=1S/C16H9N3O6S2/c20-14-9(6-11(18(22)23)8-12(14)19(24)25)7-13-15(21)17(16(26)27-13)10-4-2-1-3-5-10/h1-8,20H/b13-7+. The van der Waals surface area contributed by atoms with Crippen LogP contribution in [0, 0.1) is 20.2 Å². The number of carbonyl (C=O) groups excluding carboxylic acids is 1. The fourth-order valence-corrected chi connectivity index (χ4v) is 3.68. The first-order chi connectivity index (χ1) is 12.8. The smallest absolute Gasteiger partial charge is 0.318 e. The number of phenols is 1. The van der Waals surface area contributed by atoms with Crippen molar-refractivity contribution in [3.63, 3.8) is 0 Å². The minimum atomic E-state index is -0.936. The van der Waals surface area contributed by atoms with E-state index >= 15 is 0 Å². The molecule has 0 unspecified atom stereocenters. The molecule has 0 radical (unpaired) electrons. The van der Waals surface area contributed by atoms with Crippen molar-refractivity contribution in [1.29, 1.82) is 0 Å². The van der Waals surface area contributed by atoms with Crippen molar-refractivity contribution in [3.05, 3.63) is 73.2 Å². The number of thiocarbonyl (C=S) groups is 1. The van der Waals surface area contributed by atoms with Gasteiger partial charge >= 0.3 is 5.69 Å². The van der Waals surface area contributed by atoms with E-state index in [2.05, 4.69) is 0 Å². The molecule has 0 atom stereocenters. The summed E-state index contributed by atoms with van der Waals surface area (Å²) in [6, 6.07) is 10.2. The fourth-order valence-electron chi connectivity index (χ4n) is 2.39. The molecule has 0 saturated carbocycles.